The molecule has 0 saturated carbocycles. The Hall–Kier alpha value is -3.62. The highest BCUT2D eigenvalue weighted by Crippen LogP contribution is 2.17. The van der Waals surface area contributed by atoms with Crippen molar-refractivity contribution < 1.29 is 28.8 Å². The van der Waals surface area contributed by atoms with Crippen LogP contribution in [0, 0.1) is 11.8 Å². The lowest BCUT2D eigenvalue weighted by molar-refractivity contribution is -0.136. The number of hydrogen-bond donors (Lipinski definition) is 2. The number of benzene rings is 1. The average molecular weight is 526 g/mol. The van der Waals surface area contributed by atoms with Crippen molar-refractivity contribution in [2.75, 3.05) is 13.1 Å². The molecule has 0 bridgehead atoms. The zero-order valence-electron chi connectivity index (χ0n) is 22.5. The molecule has 4 amide bonds. The molecule has 2 N–H and O–H groups in total. The van der Waals surface area contributed by atoms with E-state index in [0.29, 0.717) is 25.7 Å². The Kier molecular flexibility index (Phi) is 12.6. The molecule has 0 fully saturated rings. The molecule has 1 heterocycles. The van der Waals surface area contributed by atoms with Crippen molar-refractivity contribution in [3.8, 4) is 0 Å². The molecule has 1 aliphatic heterocycles. The van der Waals surface area contributed by atoms with E-state index in [1.165, 1.54) is 12.2 Å². The van der Waals surface area contributed by atoms with Crippen molar-refractivity contribution in [2.24, 2.45) is 11.8 Å². The van der Waals surface area contributed by atoms with Crippen molar-refractivity contribution in [3.05, 3.63) is 48.0 Å². The second-order valence-corrected chi connectivity index (χ2v) is 10.0. The van der Waals surface area contributed by atoms with Crippen LogP contribution in [0.1, 0.15) is 64.9 Å². The van der Waals surface area contributed by atoms with Gasteiger partial charge in [0.1, 0.15) is 5.78 Å². The molecule has 9 heteroatoms. The second kappa shape index (κ2) is 15.6. The Morgan fingerprint density at radius 3 is 2.21 bits per heavy atom. The van der Waals surface area contributed by atoms with Crippen molar-refractivity contribution >= 4 is 35.2 Å². The molecule has 0 unspecified atom stereocenters. The maximum Gasteiger partial charge on any atom is 0.253 e. The van der Waals surface area contributed by atoms with Crippen molar-refractivity contribution in [1.29, 1.82) is 0 Å². The summed E-state index contributed by atoms with van der Waals surface area (Å²) in [6.45, 7) is 6.14. The van der Waals surface area contributed by atoms with Gasteiger partial charge >= 0.3 is 0 Å². The number of carbonyl (C=O) groups excluding carboxylic acids is 6. The van der Waals surface area contributed by atoms with E-state index >= 15 is 0 Å². The summed E-state index contributed by atoms with van der Waals surface area (Å²) in [6, 6.07) is 8.71. The monoisotopic (exact) mass is 525 g/mol. The van der Waals surface area contributed by atoms with Crippen LogP contribution in [0.25, 0.3) is 0 Å². The van der Waals surface area contributed by atoms with Crippen molar-refractivity contribution in [3.63, 3.8) is 0 Å². The highest BCUT2D eigenvalue weighted by atomic mass is 16.2. The Balaban J connectivity index is 1.88. The van der Waals surface area contributed by atoms with E-state index in [0.717, 1.165) is 10.5 Å². The molecular weight excluding hydrogens is 486 g/mol. The zero-order valence-corrected chi connectivity index (χ0v) is 22.5. The summed E-state index contributed by atoms with van der Waals surface area (Å²) in [5.74, 6) is -2.08. The van der Waals surface area contributed by atoms with Gasteiger partial charge in [0.15, 0.2) is 5.78 Å². The summed E-state index contributed by atoms with van der Waals surface area (Å²) in [5, 5.41) is 5.57. The van der Waals surface area contributed by atoms with E-state index in [1.807, 2.05) is 44.2 Å². The van der Waals surface area contributed by atoms with Gasteiger partial charge in [-0.25, -0.2) is 0 Å². The zero-order chi connectivity index (χ0) is 28.1. The van der Waals surface area contributed by atoms with Gasteiger partial charge in [-0.3, -0.25) is 33.7 Å². The molecule has 206 valence electrons. The van der Waals surface area contributed by atoms with Gasteiger partial charge in [-0.1, -0.05) is 51.1 Å². The number of ketones is 2. The normalized spacial score (nSPS) is 14.5. The van der Waals surface area contributed by atoms with Crippen molar-refractivity contribution in [1.82, 2.24) is 15.5 Å². The predicted octanol–water partition coefficient (Wildman–Crippen LogP) is 2.53. The first-order valence-corrected chi connectivity index (χ1v) is 13.3. The molecule has 9 nitrogen and oxygen atoms in total. The number of Topliss-reactive ketones (excluding diaryl/α,β-unsaturated/α-hetero) is 2. The van der Waals surface area contributed by atoms with Crippen LogP contribution in [0.15, 0.2) is 42.5 Å². The fourth-order valence-corrected chi connectivity index (χ4v) is 4.22. The van der Waals surface area contributed by atoms with E-state index in [2.05, 4.69) is 10.6 Å². The largest absolute Gasteiger partial charge is 0.356 e. The third-order valence-electron chi connectivity index (χ3n) is 6.36. The maximum atomic E-state index is 13.2. The lowest BCUT2D eigenvalue weighted by Gasteiger charge is -2.23. The molecule has 1 aliphatic rings. The van der Waals surface area contributed by atoms with Gasteiger partial charge in [0.25, 0.3) is 11.8 Å². The Morgan fingerprint density at radius 1 is 0.947 bits per heavy atom. The molecule has 0 aliphatic carbocycles. The van der Waals surface area contributed by atoms with Gasteiger partial charge < -0.3 is 10.6 Å². The van der Waals surface area contributed by atoms with Crippen LogP contribution in [0.4, 0.5) is 0 Å². The summed E-state index contributed by atoms with van der Waals surface area (Å²) >= 11 is 0. The summed E-state index contributed by atoms with van der Waals surface area (Å²) in [7, 11) is 0. The SMILES string of the molecule is CCC(=O)C[C@@H](Cc1ccccc1)C(=O)N[C@@H](CC(C)C)C(=O)CCC(=O)NCCCN1C(=O)C=CC1=O. The molecule has 1 aromatic rings. The van der Waals surface area contributed by atoms with E-state index in [-0.39, 0.29) is 73.5 Å². The molecule has 0 saturated heterocycles. The number of carbonyl (C=O) groups is 6. The van der Waals surface area contributed by atoms with Gasteiger partial charge in [0.2, 0.25) is 11.8 Å². The fraction of sp³-hybridized carbons (Fsp3) is 0.517. The smallest absolute Gasteiger partial charge is 0.253 e. The summed E-state index contributed by atoms with van der Waals surface area (Å²) in [4.78, 5) is 74.9. The van der Waals surface area contributed by atoms with Gasteiger partial charge in [0.05, 0.1) is 6.04 Å². The van der Waals surface area contributed by atoms with E-state index in [9.17, 15) is 28.8 Å². The molecule has 0 radical (unpaired) electrons. The van der Waals surface area contributed by atoms with Crippen LogP contribution >= 0.6 is 0 Å². The maximum absolute atomic E-state index is 13.2. The fourth-order valence-electron chi connectivity index (χ4n) is 4.22. The highest BCUT2D eigenvalue weighted by Gasteiger charge is 2.28. The van der Waals surface area contributed by atoms with Crippen LogP contribution in [0.5, 0.6) is 0 Å². The number of nitrogens with one attached hydrogen (secondary N) is 2. The predicted molar refractivity (Wildman–Crippen MR) is 143 cm³/mol. The quantitative estimate of drug-likeness (QED) is 0.238. The minimum Gasteiger partial charge on any atom is -0.356 e. The first kappa shape index (κ1) is 30.6. The molecule has 2 rings (SSSR count). The van der Waals surface area contributed by atoms with Crippen LogP contribution in [0.3, 0.4) is 0 Å². The first-order chi connectivity index (χ1) is 18.1. The van der Waals surface area contributed by atoms with Crippen LogP contribution < -0.4 is 10.6 Å². The van der Waals surface area contributed by atoms with Gasteiger partial charge in [-0.2, -0.15) is 0 Å². The summed E-state index contributed by atoms with van der Waals surface area (Å²) < 4.78 is 0. The van der Waals surface area contributed by atoms with Crippen LogP contribution in [0.2, 0.25) is 0 Å². The molecular formula is C29H39N3O6. The van der Waals surface area contributed by atoms with Crippen LogP contribution in [-0.2, 0) is 35.2 Å². The molecule has 1 aromatic carbocycles. The number of amides is 4. The minimum absolute atomic E-state index is 0.0146. The van der Waals surface area contributed by atoms with Gasteiger partial charge in [-0.05, 0) is 30.7 Å². The third-order valence-corrected chi connectivity index (χ3v) is 6.36. The lowest BCUT2D eigenvalue weighted by Crippen LogP contribution is -2.45. The average Bonchev–Trinajstić information content (AvgIpc) is 3.21. The molecule has 0 aromatic heterocycles. The minimum atomic E-state index is -0.745. The topological polar surface area (TPSA) is 130 Å². The summed E-state index contributed by atoms with van der Waals surface area (Å²) in [5.41, 5.74) is 0.940. The highest BCUT2D eigenvalue weighted by molar-refractivity contribution is 6.12. The van der Waals surface area contributed by atoms with E-state index in [1.54, 1.807) is 6.92 Å². The molecule has 2 atom stereocenters. The standard InChI is InChI=1S/C29H39N3O6/c1-4-23(33)19-22(18-21-9-6-5-7-10-21)29(38)31-24(17-20(2)3)25(34)11-12-26(35)30-15-8-16-32-27(36)13-14-28(32)37/h5-7,9-10,13-14,20,22,24H,4,8,11-12,15-19H2,1-3H3,(H,30,35)(H,31,38)/t22-,24+/m1/s1. The summed E-state index contributed by atoms with van der Waals surface area (Å²) in [6.07, 6.45) is 4.03. The molecule has 38 heavy (non-hydrogen) atoms. The Bertz CT molecular complexity index is 1020. The van der Waals surface area contributed by atoms with Crippen molar-refractivity contribution in [2.45, 2.75) is 71.8 Å². The Labute approximate surface area is 224 Å². The third kappa shape index (κ3) is 10.4. The van der Waals surface area contributed by atoms with E-state index in [4.69, 9.17) is 0 Å². The van der Waals surface area contributed by atoms with E-state index < -0.39 is 12.0 Å². The molecule has 0 spiro atoms. The number of rotatable bonds is 17. The first-order valence-electron chi connectivity index (χ1n) is 13.3. The number of imide groups is 1. The van der Waals surface area contributed by atoms with Gasteiger partial charge in [-0.15, -0.1) is 0 Å². The number of hydrogen-bond acceptors (Lipinski definition) is 6. The van der Waals surface area contributed by atoms with Gasteiger partial charge in [0, 0.05) is 56.8 Å². The number of nitrogens with zero attached hydrogens (tertiary/aromatic N) is 1. The second-order valence-electron chi connectivity index (χ2n) is 10.0. The Morgan fingerprint density at radius 2 is 1.61 bits per heavy atom. The van der Waals surface area contributed by atoms with Crippen LogP contribution in [-0.4, -0.2) is 59.2 Å². The lowest BCUT2D eigenvalue weighted by atomic mass is 9.91.